The monoisotopic (exact) mass is 427 g/mol. The molecule has 175 valence electrons. The molecule has 0 aromatic carbocycles. The number of carbonyl (C=O) groups is 1. The molecule has 0 bridgehead atoms. The third kappa shape index (κ3) is 21.6. The van der Waals surface area contributed by atoms with Gasteiger partial charge < -0.3 is 18.9 Å². The van der Waals surface area contributed by atoms with Crippen molar-refractivity contribution >= 4 is 12.4 Å². The second-order valence-corrected chi connectivity index (χ2v) is 7.81. The van der Waals surface area contributed by atoms with Crippen LogP contribution in [0.3, 0.4) is 0 Å². The van der Waals surface area contributed by atoms with Gasteiger partial charge in [0.15, 0.2) is 0 Å². The smallest absolute Gasteiger partial charge is 0.417 e. The van der Waals surface area contributed by atoms with Crippen LogP contribution in [0, 0.1) is 14.2 Å². The van der Waals surface area contributed by atoms with Crippen LogP contribution in [0.15, 0.2) is 0 Å². The highest BCUT2D eigenvalue weighted by Gasteiger charge is 2.14. The van der Waals surface area contributed by atoms with E-state index in [4.69, 9.17) is 14.2 Å². The molecule has 6 heteroatoms. The summed E-state index contributed by atoms with van der Waals surface area (Å²) in [5, 5.41) is 0. The fourth-order valence-corrected chi connectivity index (χ4v) is 3.38. The van der Waals surface area contributed by atoms with Crippen LogP contribution < -0.4 is 0 Å². The Labute approximate surface area is 184 Å². The van der Waals surface area contributed by atoms with Crippen molar-refractivity contribution < 1.29 is 28.5 Å². The van der Waals surface area contributed by atoms with Crippen LogP contribution >= 0.6 is 0 Å². The Bertz CT molecular complexity index is 375. The van der Waals surface area contributed by atoms with Gasteiger partial charge in [0.1, 0.15) is 6.10 Å². The van der Waals surface area contributed by atoms with Gasteiger partial charge in [-0.1, -0.05) is 64.2 Å². The van der Waals surface area contributed by atoms with Gasteiger partial charge in [-0.15, -0.1) is 0 Å². The predicted molar refractivity (Wildman–Crippen MR) is 118 cm³/mol. The first-order valence-corrected chi connectivity index (χ1v) is 11.7. The summed E-state index contributed by atoms with van der Waals surface area (Å²) >= 11 is 0. The molecule has 0 fully saturated rings. The summed E-state index contributed by atoms with van der Waals surface area (Å²) in [7, 11) is 6.78. The summed E-state index contributed by atoms with van der Waals surface area (Å²) in [5.74, 6) is -0.126. The molecule has 0 amide bonds. The maximum atomic E-state index is 12.1. The van der Waals surface area contributed by atoms with Gasteiger partial charge in [-0.05, 0) is 32.1 Å². The van der Waals surface area contributed by atoms with E-state index in [0.717, 1.165) is 77.2 Å². The molecule has 0 aliphatic heterocycles. The zero-order valence-electron chi connectivity index (χ0n) is 18.9. The Morgan fingerprint density at radius 2 is 1.23 bits per heavy atom. The van der Waals surface area contributed by atoms with E-state index in [1.54, 1.807) is 0 Å². The average Bonchev–Trinajstić information content (AvgIpc) is 2.74. The summed E-state index contributed by atoms with van der Waals surface area (Å²) in [6.45, 7) is 3.00. The highest BCUT2D eigenvalue weighted by atomic mass is 16.6. The van der Waals surface area contributed by atoms with Crippen LogP contribution in [-0.4, -0.2) is 38.4 Å². The number of unbranched alkanes of at least 4 members (excludes halogenated alkanes) is 12. The lowest BCUT2D eigenvalue weighted by molar-refractivity contribution is -0.151. The molecule has 6 nitrogen and oxygen atoms in total. The van der Waals surface area contributed by atoms with Crippen molar-refractivity contribution in [1.29, 1.82) is 0 Å². The summed E-state index contributed by atoms with van der Waals surface area (Å²) < 4.78 is 19.9. The molecule has 0 saturated carbocycles. The third-order valence-electron chi connectivity index (χ3n) is 5.10. The van der Waals surface area contributed by atoms with E-state index in [2.05, 4.69) is 19.0 Å². The average molecular weight is 428 g/mol. The Hall–Kier alpha value is -1.14. The van der Waals surface area contributed by atoms with Crippen LogP contribution in [0.4, 0.5) is 0 Å². The van der Waals surface area contributed by atoms with E-state index in [9.17, 15) is 9.59 Å². The minimum Gasteiger partial charge on any atom is -0.460 e. The molecule has 0 heterocycles. The lowest BCUT2D eigenvalue weighted by atomic mass is 10.1. The molecule has 0 aromatic rings. The molecule has 0 aliphatic rings. The number of hydrogen-bond acceptors (Lipinski definition) is 6. The minimum absolute atomic E-state index is 0.126. The van der Waals surface area contributed by atoms with Gasteiger partial charge in [-0.25, -0.2) is 4.79 Å². The maximum absolute atomic E-state index is 12.1. The van der Waals surface area contributed by atoms with Gasteiger partial charge in [0, 0.05) is 13.0 Å². The van der Waals surface area contributed by atoms with Gasteiger partial charge >= 0.3 is 12.4 Å². The van der Waals surface area contributed by atoms with E-state index in [1.807, 2.05) is 0 Å². The molecule has 0 N–H and O–H groups in total. The second kappa shape index (κ2) is 24.1. The number of rotatable bonds is 24. The molecule has 3 radical (unpaired) electrons. The predicted octanol–water partition coefficient (Wildman–Crippen LogP) is 5.84. The Balaban J connectivity index is 3.60. The van der Waals surface area contributed by atoms with Gasteiger partial charge in [-0.2, -0.15) is 0 Å². The second-order valence-electron chi connectivity index (χ2n) is 7.81. The molecular weight excluding hydrogens is 384 g/mol. The van der Waals surface area contributed by atoms with Crippen LogP contribution in [0.2, 0.25) is 0 Å². The first-order chi connectivity index (χ1) is 14.7. The molecule has 0 aromatic heterocycles. The fraction of sp³-hybridized carbons (Fsp3) is 0.833. The van der Waals surface area contributed by atoms with E-state index >= 15 is 0 Å². The molecule has 1 unspecified atom stereocenters. The highest BCUT2D eigenvalue weighted by Crippen LogP contribution is 2.14. The largest absolute Gasteiger partial charge is 0.460 e. The molecule has 30 heavy (non-hydrogen) atoms. The van der Waals surface area contributed by atoms with E-state index < -0.39 is 0 Å². The summed E-state index contributed by atoms with van der Waals surface area (Å²) in [4.78, 5) is 22.0. The van der Waals surface area contributed by atoms with Crippen molar-refractivity contribution in [1.82, 2.24) is 0 Å². The summed E-state index contributed by atoms with van der Waals surface area (Å²) in [6.07, 6.45) is 16.5. The number of ether oxygens (including phenoxy) is 4. The SMILES string of the molecule is [CH2]OCCCCCCCCCC(=O)OC(CCCCCCCCCO[C]=O)CO[CH2]. The fourth-order valence-electron chi connectivity index (χ4n) is 3.38. The normalized spacial score (nSPS) is 11.9. The Kier molecular flexibility index (Phi) is 23.2. The van der Waals surface area contributed by atoms with Crippen molar-refractivity contribution in [3.05, 3.63) is 14.2 Å². The molecular formula is C24H43O6. The summed E-state index contributed by atoms with van der Waals surface area (Å²) in [5.41, 5.74) is 0. The maximum Gasteiger partial charge on any atom is 0.417 e. The van der Waals surface area contributed by atoms with Gasteiger partial charge in [0.25, 0.3) is 0 Å². The van der Waals surface area contributed by atoms with Crippen molar-refractivity contribution in [2.75, 3.05) is 19.8 Å². The molecule has 0 aliphatic carbocycles. The minimum atomic E-state index is -0.193. The Morgan fingerprint density at radius 1 is 0.700 bits per heavy atom. The van der Waals surface area contributed by atoms with E-state index in [1.165, 1.54) is 32.2 Å². The highest BCUT2D eigenvalue weighted by molar-refractivity contribution is 5.69. The molecule has 0 rings (SSSR count). The van der Waals surface area contributed by atoms with Gasteiger partial charge in [0.05, 0.1) is 27.4 Å². The van der Waals surface area contributed by atoms with Crippen molar-refractivity contribution in [2.45, 2.75) is 109 Å². The quantitative estimate of drug-likeness (QED) is 0.142. The van der Waals surface area contributed by atoms with Crippen LogP contribution in [0.25, 0.3) is 0 Å². The van der Waals surface area contributed by atoms with Crippen LogP contribution in [-0.2, 0) is 28.5 Å². The Morgan fingerprint density at radius 3 is 1.80 bits per heavy atom. The van der Waals surface area contributed by atoms with Crippen LogP contribution in [0.5, 0.6) is 0 Å². The van der Waals surface area contributed by atoms with Crippen molar-refractivity contribution in [3.8, 4) is 0 Å². The van der Waals surface area contributed by atoms with Crippen LogP contribution in [0.1, 0.15) is 103 Å². The first-order valence-electron chi connectivity index (χ1n) is 11.7. The number of hydrogen-bond donors (Lipinski definition) is 0. The van der Waals surface area contributed by atoms with Gasteiger partial charge in [-0.3, -0.25) is 4.79 Å². The molecule has 0 saturated heterocycles. The lowest BCUT2D eigenvalue weighted by Gasteiger charge is -2.17. The van der Waals surface area contributed by atoms with E-state index in [-0.39, 0.29) is 12.1 Å². The van der Waals surface area contributed by atoms with Gasteiger partial charge in [0.2, 0.25) is 0 Å². The standard InChI is InChI=1S/C24H43O6/c1-27-19-15-11-7-4-6-10-14-18-24(26)30-23(21-28-2)17-13-9-5-3-8-12-16-20-29-22-25/h23H,1-21H2. The van der Waals surface area contributed by atoms with Crippen molar-refractivity contribution in [2.24, 2.45) is 0 Å². The van der Waals surface area contributed by atoms with E-state index in [0.29, 0.717) is 19.6 Å². The lowest BCUT2D eigenvalue weighted by Crippen LogP contribution is -2.22. The zero-order valence-corrected chi connectivity index (χ0v) is 18.9. The number of esters is 1. The molecule has 0 spiro atoms. The van der Waals surface area contributed by atoms with Crippen molar-refractivity contribution in [3.63, 3.8) is 0 Å². The first kappa shape index (κ1) is 28.9. The third-order valence-corrected chi connectivity index (χ3v) is 5.10. The number of carbonyl (C=O) groups excluding carboxylic acids is 2. The zero-order chi connectivity index (χ0) is 22.1. The topological polar surface area (TPSA) is 71.1 Å². The summed E-state index contributed by atoms with van der Waals surface area (Å²) in [6, 6.07) is 0. The molecule has 1 atom stereocenters.